The minimum atomic E-state index is -0.981. The van der Waals surface area contributed by atoms with Crippen molar-refractivity contribution in [2.45, 2.75) is 0 Å². The molecule has 0 fully saturated rings. The molecule has 0 aliphatic heterocycles. The van der Waals surface area contributed by atoms with E-state index < -0.39 is 5.97 Å². The van der Waals surface area contributed by atoms with Crippen molar-refractivity contribution < 1.29 is 9.90 Å². The molecule has 0 amide bonds. The van der Waals surface area contributed by atoms with Crippen molar-refractivity contribution in [3.63, 3.8) is 0 Å². The van der Waals surface area contributed by atoms with Gasteiger partial charge < -0.3 is 5.11 Å². The van der Waals surface area contributed by atoms with Gasteiger partial charge in [0.2, 0.25) is 0 Å². The van der Waals surface area contributed by atoms with Crippen LogP contribution in [0.25, 0.3) is 0 Å². The SMILES string of the molecule is C=CC(=O)O.[InH3]. The van der Waals surface area contributed by atoms with E-state index in [4.69, 9.17) is 5.11 Å². The van der Waals surface area contributed by atoms with Crippen LogP contribution >= 0.6 is 0 Å². The van der Waals surface area contributed by atoms with Gasteiger partial charge in [0.25, 0.3) is 0 Å². The van der Waals surface area contributed by atoms with Crippen molar-refractivity contribution in [2.75, 3.05) is 0 Å². The average molecular weight is 190 g/mol. The molecule has 0 bridgehead atoms. The van der Waals surface area contributed by atoms with Crippen LogP contribution in [-0.4, -0.2) is 36.9 Å². The van der Waals surface area contributed by atoms with Crippen molar-refractivity contribution in [2.24, 2.45) is 0 Å². The molecule has 0 rings (SSSR count). The van der Waals surface area contributed by atoms with Crippen LogP contribution in [0.1, 0.15) is 0 Å². The summed E-state index contributed by atoms with van der Waals surface area (Å²) in [5, 5.41) is 7.60. The Labute approximate surface area is 54.6 Å². The summed E-state index contributed by atoms with van der Waals surface area (Å²) < 4.78 is 0. The van der Waals surface area contributed by atoms with Gasteiger partial charge in [0.05, 0.1) is 0 Å². The molecule has 0 aliphatic carbocycles. The van der Waals surface area contributed by atoms with E-state index in [1.807, 2.05) is 0 Å². The molecule has 0 unspecified atom stereocenters. The maximum atomic E-state index is 9.25. The topological polar surface area (TPSA) is 37.3 Å². The fourth-order valence-corrected chi connectivity index (χ4v) is 0. The fraction of sp³-hybridized carbons (Fsp3) is 0. The summed E-state index contributed by atoms with van der Waals surface area (Å²) in [5.41, 5.74) is 0. The van der Waals surface area contributed by atoms with Gasteiger partial charge in [-0.1, -0.05) is 6.58 Å². The molecule has 0 saturated heterocycles. The Balaban J connectivity index is 0. The first-order chi connectivity index (χ1) is 2.27. The molecule has 3 heteroatoms. The zero-order chi connectivity index (χ0) is 4.28. The molecule has 0 heterocycles. The molecule has 0 radical (unpaired) electrons. The second-order valence-corrected chi connectivity index (χ2v) is 0.542. The standard InChI is InChI=1S/C3H4O2.In.3H/c1-2-3(4)5;;;;/h2H,1H2,(H,4,5);;;;. The molecule has 0 spiro atoms. The Kier molecular flexibility index (Phi) is 7.98. The van der Waals surface area contributed by atoms with E-state index in [9.17, 15) is 4.79 Å². The van der Waals surface area contributed by atoms with Crippen molar-refractivity contribution in [3.8, 4) is 0 Å². The molecule has 0 aromatic heterocycles. The molecule has 2 nitrogen and oxygen atoms in total. The van der Waals surface area contributed by atoms with Crippen LogP contribution in [0.2, 0.25) is 0 Å². The predicted octanol–water partition coefficient (Wildman–Crippen LogP) is -0.927. The Morgan fingerprint density at radius 1 is 1.83 bits per heavy atom. The van der Waals surface area contributed by atoms with Crippen LogP contribution in [0.15, 0.2) is 12.7 Å². The first-order valence-corrected chi connectivity index (χ1v) is 1.12. The summed E-state index contributed by atoms with van der Waals surface area (Å²) in [7, 11) is 0. The van der Waals surface area contributed by atoms with Crippen molar-refractivity contribution in [1.82, 2.24) is 0 Å². The quantitative estimate of drug-likeness (QED) is 0.542. The van der Waals surface area contributed by atoms with Gasteiger partial charge in [-0.2, -0.15) is 0 Å². The van der Waals surface area contributed by atoms with Gasteiger partial charge in [-0.25, -0.2) is 4.79 Å². The first kappa shape index (κ1) is 9.43. The van der Waals surface area contributed by atoms with Gasteiger partial charge in [-0.3, -0.25) is 0 Å². The van der Waals surface area contributed by atoms with E-state index in [0.29, 0.717) is 0 Å². The van der Waals surface area contributed by atoms with E-state index >= 15 is 0 Å². The van der Waals surface area contributed by atoms with Crippen molar-refractivity contribution in [3.05, 3.63) is 12.7 Å². The number of carboxylic acids is 1. The van der Waals surface area contributed by atoms with E-state index in [1.165, 1.54) is 0 Å². The van der Waals surface area contributed by atoms with Crippen LogP contribution in [0.5, 0.6) is 0 Å². The van der Waals surface area contributed by atoms with Gasteiger partial charge in [-0.15, -0.1) is 0 Å². The average Bonchev–Trinajstić information content (AvgIpc) is 1.38. The van der Waals surface area contributed by atoms with Crippen LogP contribution in [0, 0.1) is 0 Å². The third-order valence-corrected chi connectivity index (χ3v) is 0.175. The number of aliphatic carboxylic acids is 1. The number of carboxylic acid groups (broad SMARTS) is 1. The molecule has 1 N–H and O–H groups in total. The van der Waals surface area contributed by atoms with Crippen molar-refractivity contribution in [1.29, 1.82) is 0 Å². The monoisotopic (exact) mass is 190 g/mol. The predicted molar refractivity (Wildman–Crippen MR) is 27.8 cm³/mol. The molecule has 0 aliphatic rings. The van der Waals surface area contributed by atoms with Crippen LogP contribution in [0.3, 0.4) is 0 Å². The van der Waals surface area contributed by atoms with Gasteiger partial charge in [0.15, 0.2) is 0 Å². The Hall–Kier alpha value is 0.0801. The summed E-state index contributed by atoms with van der Waals surface area (Å²) >= 11 is 0. The van der Waals surface area contributed by atoms with Gasteiger partial charge >= 0.3 is 31.8 Å². The van der Waals surface area contributed by atoms with Crippen molar-refractivity contribution >= 4 is 31.8 Å². The number of hydrogen-bond donors (Lipinski definition) is 1. The summed E-state index contributed by atoms with van der Waals surface area (Å²) in [4.78, 5) is 9.25. The molecule has 34 valence electrons. The van der Waals surface area contributed by atoms with Gasteiger partial charge in [-0.05, 0) is 0 Å². The Bertz CT molecular complexity index is 59.8. The second-order valence-electron chi connectivity index (χ2n) is 0.542. The number of carbonyl (C=O) groups is 1. The fourth-order valence-electron chi connectivity index (χ4n) is 0. The zero-order valence-electron chi connectivity index (χ0n) is 2.64. The normalized spacial score (nSPS) is 5.33. The first-order valence-electron chi connectivity index (χ1n) is 1.12. The molecular formula is C3H7InO2. The molecule has 0 aromatic carbocycles. The molecule has 0 aromatic rings. The summed E-state index contributed by atoms with van der Waals surface area (Å²) in [5.74, 6) is -0.981. The van der Waals surface area contributed by atoms with E-state index in [-0.39, 0.29) is 25.8 Å². The summed E-state index contributed by atoms with van der Waals surface area (Å²) in [6.07, 6.45) is 0.833. The summed E-state index contributed by atoms with van der Waals surface area (Å²) in [6, 6.07) is 0. The van der Waals surface area contributed by atoms with E-state index in [0.717, 1.165) is 6.08 Å². The Morgan fingerprint density at radius 2 is 2.00 bits per heavy atom. The van der Waals surface area contributed by atoms with E-state index in [1.54, 1.807) is 0 Å². The number of hydrogen-bond acceptors (Lipinski definition) is 1. The number of rotatable bonds is 1. The molecular weight excluding hydrogens is 183 g/mol. The van der Waals surface area contributed by atoms with Gasteiger partial charge in [0, 0.05) is 6.08 Å². The van der Waals surface area contributed by atoms with Gasteiger partial charge in [0.1, 0.15) is 0 Å². The molecule has 6 heavy (non-hydrogen) atoms. The second kappa shape index (κ2) is 5.08. The minimum absolute atomic E-state index is 0. The molecule has 0 atom stereocenters. The third-order valence-electron chi connectivity index (χ3n) is 0.175. The third kappa shape index (κ3) is 8.95. The maximum absolute atomic E-state index is 9.25. The van der Waals surface area contributed by atoms with Crippen LogP contribution in [0.4, 0.5) is 0 Å². The van der Waals surface area contributed by atoms with E-state index in [2.05, 4.69) is 6.58 Å². The zero-order valence-corrected chi connectivity index (χ0v) is 2.64. The Morgan fingerprint density at radius 3 is 2.00 bits per heavy atom. The summed E-state index contributed by atoms with van der Waals surface area (Å²) in [6.45, 7) is 2.96. The van der Waals surface area contributed by atoms with Crippen LogP contribution < -0.4 is 0 Å². The van der Waals surface area contributed by atoms with Crippen LogP contribution in [-0.2, 0) is 4.79 Å². The molecule has 0 saturated carbocycles.